The van der Waals surface area contributed by atoms with Crippen LogP contribution in [-0.4, -0.2) is 66.2 Å². The normalized spacial score (nSPS) is 19.3. The van der Waals surface area contributed by atoms with E-state index in [1.165, 1.54) is 24.3 Å². The average Bonchev–Trinajstić information content (AvgIpc) is 3.03. The fourth-order valence-corrected chi connectivity index (χ4v) is 5.47. The summed E-state index contributed by atoms with van der Waals surface area (Å²) in [6.07, 6.45) is 8.90. The van der Waals surface area contributed by atoms with Crippen LogP contribution in [-0.2, 0) is 25.5 Å². The molecule has 1 fully saturated rings. The number of anilines is 1. The number of allylic oxidation sites excluding steroid dienone is 1. The van der Waals surface area contributed by atoms with Crippen LogP contribution in [0.2, 0.25) is 0 Å². The summed E-state index contributed by atoms with van der Waals surface area (Å²) >= 11 is 2.37. The van der Waals surface area contributed by atoms with Gasteiger partial charge in [-0.2, -0.15) is 0 Å². The molecule has 2 atom stereocenters. The third-order valence-corrected chi connectivity index (χ3v) is 8.50. The Bertz CT molecular complexity index is 1390. The SMILES string of the molecule is COC1CCC(=N/C=C\C(C)Oc2ccc(NC(=O)C(=O)NCCc3ccc(F)cc3)cc2F)C=C1OCC1CCN(I)CC1. The average molecular weight is 737 g/mol. The molecule has 242 valence electrons. The van der Waals surface area contributed by atoms with Crippen molar-refractivity contribution >= 4 is 46.1 Å². The zero-order chi connectivity index (χ0) is 32.2. The van der Waals surface area contributed by atoms with Crippen LogP contribution in [0.3, 0.4) is 0 Å². The predicted molar refractivity (Wildman–Crippen MR) is 177 cm³/mol. The molecule has 4 rings (SSSR count). The highest BCUT2D eigenvalue weighted by molar-refractivity contribution is 14.1. The lowest BCUT2D eigenvalue weighted by molar-refractivity contribution is -0.136. The van der Waals surface area contributed by atoms with Crippen molar-refractivity contribution in [3.8, 4) is 5.75 Å². The maximum absolute atomic E-state index is 14.7. The van der Waals surface area contributed by atoms with Gasteiger partial charge in [0.1, 0.15) is 23.8 Å². The second kappa shape index (κ2) is 17.4. The molecule has 9 nitrogen and oxygen atoms in total. The van der Waals surface area contributed by atoms with E-state index in [9.17, 15) is 18.4 Å². The molecular weight excluding hydrogens is 697 g/mol. The largest absolute Gasteiger partial charge is 0.495 e. The summed E-state index contributed by atoms with van der Waals surface area (Å²) in [4.78, 5) is 28.9. The monoisotopic (exact) mass is 736 g/mol. The van der Waals surface area contributed by atoms with E-state index < -0.39 is 23.7 Å². The zero-order valence-electron chi connectivity index (χ0n) is 25.4. The number of piperidine rings is 1. The summed E-state index contributed by atoms with van der Waals surface area (Å²) in [7, 11) is 1.69. The Balaban J connectivity index is 1.24. The molecule has 1 aliphatic heterocycles. The van der Waals surface area contributed by atoms with Gasteiger partial charge >= 0.3 is 11.8 Å². The van der Waals surface area contributed by atoms with Gasteiger partial charge in [0.15, 0.2) is 11.6 Å². The molecule has 12 heteroatoms. The first-order valence-corrected chi connectivity index (χ1v) is 16.0. The van der Waals surface area contributed by atoms with Crippen LogP contribution in [0, 0.1) is 17.6 Å². The molecule has 2 aliphatic rings. The van der Waals surface area contributed by atoms with Gasteiger partial charge in [0, 0.05) is 79.4 Å². The third-order valence-electron chi connectivity index (χ3n) is 7.54. The molecule has 0 bridgehead atoms. The molecule has 1 saturated heterocycles. The van der Waals surface area contributed by atoms with Gasteiger partial charge in [-0.25, -0.2) is 11.9 Å². The van der Waals surface area contributed by atoms with Gasteiger partial charge in [-0.05, 0) is 80.9 Å². The van der Waals surface area contributed by atoms with E-state index in [2.05, 4.69) is 41.6 Å². The van der Waals surface area contributed by atoms with Gasteiger partial charge in [-0.15, -0.1) is 0 Å². The van der Waals surface area contributed by atoms with Crippen LogP contribution in [0.4, 0.5) is 14.5 Å². The van der Waals surface area contributed by atoms with E-state index in [0.29, 0.717) is 18.9 Å². The van der Waals surface area contributed by atoms with Crippen molar-refractivity contribution in [2.45, 2.75) is 51.2 Å². The Morgan fingerprint density at radius 1 is 1.11 bits per heavy atom. The molecule has 1 aliphatic carbocycles. The highest BCUT2D eigenvalue weighted by Gasteiger charge is 2.24. The standard InChI is InChI=1S/C33H39F2IN4O5/c1-22(11-15-37-26-7-10-30(43-2)31(20-26)44-21-24-13-17-40(36)18-14-24)45-29-9-8-27(19-28(29)35)39-33(42)32(41)38-16-12-23-3-5-25(34)6-4-23/h3-6,8-9,11,15,19-20,22,24,30H,7,10,12-14,16-18,21H2,1-2H3,(H,38,41)(H,39,42)/b15-11-,37-26?. The summed E-state index contributed by atoms with van der Waals surface area (Å²) < 4.78 is 47.6. The third kappa shape index (κ3) is 11.2. The number of nitrogens with zero attached hydrogens (tertiary/aromatic N) is 2. The van der Waals surface area contributed by atoms with Crippen LogP contribution in [0.25, 0.3) is 0 Å². The number of nitrogens with one attached hydrogen (secondary N) is 2. The van der Waals surface area contributed by atoms with Crippen LogP contribution >= 0.6 is 22.9 Å². The van der Waals surface area contributed by atoms with Gasteiger partial charge in [0.2, 0.25) is 0 Å². The van der Waals surface area contributed by atoms with Gasteiger partial charge in [0.05, 0.1) is 6.61 Å². The van der Waals surface area contributed by atoms with E-state index in [-0.39, 0.29) is 29.9 Å². The first kappa shape index (κ1) is 34.5. The number of methoxy groups -OCH3 is 1. The molecule has 0 aromatic heterocycles. The highest BCUT2D eigenvalue weighted by atomic mass is 127. The molecule has 0 radical (unpaired) electrons. The molecule has 2 aromatic rings. The Morgan fingerprint density at radius 2 is 1.87 bits per heavy atom. The Kier molecular flexibility index (Phi) is 13.3. The van der Waals surface area contributed by atoms with Gasteiger partial charge in [-0.1, -0.05) is 12.1 Å². The molecular formula is C33H39F2IN4O5. The van der Waals surface area contributed by atoms with Gasteiger partial charge in [-0.3, -0.25) is 14.6 Å². The van der Waals surface area contributed by atoms with E-state index in [1.807, 2.05) is 6.08 Å². The Labute approximate surface area is 276 Å². The second-order valence-electron chi connectivity index (χ2n) is 11.0. The molecule has 2 aromatic carbocycles. The summed E-state index contributed by atoms with van der Waals surface area (Å²) in [6, 6.07) is 9.78. The van der Waals surface area contributed by atoms with Gasteiger partial charge in [0.25, 0.3) is 0 Å². The summed E-state index contributed by atoms with van der Waals surface area (Å²) in [5.74, 6) is -1.51. The first-order chi connectivity index (χ1) is 21.7. The number of ether oxygens (including phenoxy) is 3. The van der Waals surface area contributed by atoms with Crippen LogP contribution in [0.1, 0.15) is 38.2 Å². The maximum Gasteiger partial charge on any atom is 0.313 e. The van der Waals surface area contributed by atoms with E-state index in [1.54, 1.807) is 38.4 Å². The summed E-state index contributed by atoms with van der Waals surface area (Å²) in [5.41, 5.74) is 1.80. The number of benzene rings is 2. The fraction of sp³-hybridized carbons (Fsp3) is 0.424. The van der Waals surface area contributed by atoms with Crippen molar-refractivity contribution < 1.29 is 32.6 Å². The first-order valence-electron chi connectivity index (χ1n) is 15.0. The minimum atomic E-state index is -0.929. The predicted octanol–water partition coefficient (Wildman–Crippen LogP) is 5.76. The number of hydrogen-bond donors (Lipinski definition) is 2. The number of amides is 2. The number of aliphatic imine (C=N–C) groups is 1. The van der Waals surface area contributed by atoms with E-state index in [0.717, 1.165) is 61.9 Å². The van der Waals surface area contributed by atoms with Crippen molar-refractivity contribution in [1.29, 1.82) is 0 Å². The Morgan fingerprint density at radius 3 is 2.58 bits per heavy atom. The highest BCUT2D eigenvalue weighted by Crippen LogP contribution is 2.26. The number of rotatable bonds is 12. The molecule has 0 saturated carbocycles. The molecule has 0 spiro atoms. The second-order valence-corrected chi connectivity index (χ2v) is 12.4. The van der Waals surface area contributed by atoms with Crippen molar-refractivity contribution in [3.05, 3.63) is 83.8 Å². The number of halogens is 3. The summed E-state index contributed by atoms with van der Waals surface area (Å²) in [6.45, 7) is 4.77. The lowest BCUT2D eigenvalue weighted by atomic mass is 9.98. The number of carbonyl (C=O) groups excluding carboxylic acids is 2. The van der Waals surface area contributed by atoms with Crippen molar-refractivity contribution in [1.82, 2.24) is 8.43 Å². The van der Waals surface area contributed by atoms with Crippen molar-refractivity contribution in [3.63, 3.8) is 0 Å². The minimum absolute atomic E-state index is 0.00821. The molecule has 1 heterocycles. The number of hydrogen-bond acceptors (Lipinski definition) is 7. The lowest BCUT2D eigenvalue weighted by Gasteiger charge is -2.29. The Hall–Kier alpha value is -3.36. The molecule has 2 amide bonds. The maximum atomic E-state index is 14.7. The molecule has 45 heavy (non-hydrogen) atoms. The van der Waals surface area contributed by atoms with Gasteiger partial charge < -0.3 is 24.8 Å². The summed E-state index contributed by atoms with van der Waals surface area (Å²) in [5, 5.41) is 4.86. The fourth-order valence-electron chi connectivity index (χ4n) is 4.92. The van der Waals surface area contributed by atoms with E-state index in [4.69, 9.17) is 14.2 Å². The topological polar surface area (TPSA) is 101 Å². The smallest absolute Gasteiger partial charge is 0.313 e. The van der Waals surface area contributed by atoms with Crippen molar-refractivity contribution in [2.24, 2.45) is 10.9 Å². The van der Waals surface area contributed by atoms with Crippen LogP contribution in [0.5, 0.6) is 5.75 Å². The van der Waals surface area contributed by atoms with Crippen LogP contribution in [0.15, 0.2) is 71.6 Å². The lowest BCUT2D eigenvalue weighted by Crippen LogP contribution is -2.36. The molecule has 2 N–H and O–H groups in total. The van der Waals surface area contributed by atoms with E-state index >= 15 is 0 Å². The van der Waals surface area contributed by atoms with Crippen molar-refractivity contribution in [2.75, 3.05) is 38.7 Å². The zero-order valence-corrected chi connectivity index (χ0v) is 27.6. The van der Waals surface area contributed by atoms with Crippen LogP contribution < -0.4 is 15.4 Å². The number of carbonyl (C=O) groups is 2. The quantitative estimate of drug-likeness (QED) is 0.164. The minimum Gasteiger partial charge on any atom is -0.495 e. The molecule has 2 unspecified atom stereocenters.